The van der Waals surface area contributed by atoms with Crippen molar-refractivity contribution in [2.45, 2.75) is 50.2 Å². The van der Waals surface area contributed by atoms with E-state index in [2.05, 4.69) is 31.2 Å². The van der Waals surface area contributed by atoms with E-state index >= 15 is 0 Å². The molecule has 29 heavy (non-hydrogen) atoms. The van der Waals surface area contributed by atoms with Gasteiger partial charge < -0.3 is 15.2 Å². The van der Waals surface area contributed by atoms with E-state index in [0.717, 1.165) is 66.9 Å². The summed E-state index contributed by atoms with van der Waals surface area (Å²) >= 11 is 0. The molecule has 3 atom stereocenters. The summed E-state index contributed by atoms with van der Waals surface area (Å²) in [5.74, 6) is 1.79. The lowest BCUT2D eigenvalue weighted by Crippen LogP contribution is -2.45. The molecule has 2 bridgehead atoms. The Morgan fingerprint density at radius 3 is 2.79 bits per heavy atom. The summed E-state index contributed by atoms with van der Waals surface area (Å²) in [4.78, 5) is 27.3. The number of H-pyrrole nitrogens is 1. The molecule has 2 N–H and O–H groups in total. The quantitative estimate of drug-likeness (QED) is 0.700. The Bertz CT molecular complexity index is 1210. The highest BCUT2D eigenvalue weighted by Crippen LogP contribution is 2.43. The van der Waals surface area contributed by atoms with Crippen LogP contribution in [-0.4, -0.2) is 38.1 Å². The highest BCUT2D eigenvalue weighted by Gasteiger charge is 2.43. The number of fused-ring (bicyclic) bond motifs is 5. The van der Waals surface area contributed by atoms with Crippen molar-refractivity contribution in [1.29, 1.82) is 5.26 Å². The third-order valence-electron chi connectivity index (χ3n) is 6.73. The Kier molecular flexibility index (Phi) is 3.48. The van der Waals surface area contributed by atoms with Gasteiger partial charge in [-0.1, -0.05) is 0 Å². The molecule has 2 saturated heterocycles. The first kappa shape index (κ1) is 16.6. The lowest BCUT2D eigenvalue weighted by molar-refractivity contribution is 0.335. The molecule has 3 aromatic rings. The van der Waals surface area contributed by atoms with Gasteiger partial charge in [0.1, 0.15) is 11.6 Å². The zero-order valence-electron chi connectivity index (χ0n) is 15.9. The van der Waals surface area contributed by atoms with Gasteiger partial charge in [0.2, 0.25) is 0 Å². The molecule has 3 aliphatic rings. The van der Waals surface area contributed by atoms with E-state index < -0.39 is 0 Å². The molecular weight excluding hydrogens is 366 g/mol. The first-order valence-corrected chi connectivity index (χ1v) is 10.2. The molecular formula is C21H21N7O. The van der Waals surface area contributed by atoms with Crippen molar-refractivity contribution >= 4 is 22.7 Å². The van der Waals surface area contributed by atoms with Crippen LogP contribution in [0.4, 0.5) is 11.6 Å². The maximum atomic E-state index is 12.9. The Labute approximate surface area is 167 Å². The molecule has 146 valence electrons. The molecule has 6 heterocycles. The second-order valence-corrected chi connectivity index (χ2v) is 8.26. The minimum absolute atomic E-state index is 0.0375. The van der Waals surface area contributed by atoms with Gasteiger partial charge in [0.25, 0.3) is 0 Å². The van der Waals surface area contributed by atoms with Gasteiger partial charge in [0, 0.05) is 36.4 Å². The Morgan fingerprint density at radius 1 is 1.17 bits per heavy atom. The molecule has 0 aliphatic carbocycles. The van der Waals surface area contributed by atoms with E-state index in [1.165, 1.54) is 0 Å². The molecule has 0 spiro atoms. The zero-order valence-corrected chi connectivity index (χ0v) is 15.9. The average Bonchev–Trinajstić information content (AvgIpc) is 3.41. The predicted molar refractivity (Wildman–Crippen MR) is 109 cm³/mol. The summed E-state index contributed by atoms with van der Waals surface area (Å²) in [6.07, 6.45) is 8.39. The van der Waals surface area contributed by atoms with E-state index in [-0.39, 0.29) is 11.7 Å². The number of aromatic amines is 1. The number of rotatable bonds is 2. The number of nitriles is 1. The average molecular weight is 387 g/mol. The summed E-state index contributed by atoms with van der Waals surface area (Å²) in [5.41, 5.74) is 3.60. The van der Waals surface area contributed by atoms with Crippen LogP contribution in [-0.2, 0) is 6.42 Å². The van der Waals surface area contributed by atoms with Crippen LogP contribution in [0, 0.1) is 11.3 Å². The molecule has 3 aliphatic heterocycles. The van der Waals surface area contributed by atoms with Crippen molar-refractivity contribution in [2.24, 2.45) is 0 Å². The molecule has 2 fully saturated rings. The third-order valence-corrected chi connectivity index (χ3v) is 6.73. The number of pyridine rings is 2. The molecule has 1 unspecified atom stereocenters. The van der Waals surface area contributed by atoms with Crippen LogP contribution in [0.5, 0.6) is 0 Å². The maximum absolute atomic E-state index is 12.9. The number of piperidine rings is 1. The molecule has 0 radical (unpaired) electrons. The van der Waals surface area contributed by atoms with Crippen LogP contribution in [0.3, 0.4) is 0 Å². The lowest BCUT2D eigenvalue weighted by atomic mass is 9.96. The van der Waals surface area contributed by atoms with Crippen LogP contribution in [0.1, 0.15) is 42.9 Å². The fourth-order valence-corrected chi connectivity index (χ4v) is 5.59. The molecule has 6 rings (SSSR count). The van der Waals surface area contributed by atoms with Gasteiger partial charge in [0.15, 0.2) is 0 Å². The molecule has 3 aromatic heterocycles. The predicted octanol–water partition coefficient (Wildman–Crippen LogP) is 2.33. The molecule has 0 aromatic carbocycles. The molecule has 8 heteroatoms. The summed E-state index contributed by atoms with van der Waals surface area (Å²) < 4.78 is 1.99. The minimum atomic E-state index is -0.0375. The van der Waals surface area contributed by atoms with Crippen molar-refractivity contribution in [3.8, 4) is 6.07 Å². The van der Waals surface area contributed by atoms with Crippen molar-refractivity contribution in [3.63, 3.8) is 0 Å². The zero-order chi connectivity index (χ0) is 19.5. The summed E-state index contributed by atoms with van der Waals surface area (Å²) in [7, 11) is 0. The fraction of sp³-hybridized carbons (Fsp3) is 0.429. The van der Waals surface area contributed by atoms with E-state index in [9.17, 15) is 10.1 Å². The first-order chi connectivity index (χ1) is 14.2. The van der Waals surface area contributed by atoms with Gasteiger partial charge in [0.05, 0.1) is 28.9 Å². The van der Waals surface area contributed by atoms with E-state index in [4.69, 9.17) is 0 Å². The van der Waals surface area contributed by atoms with E-state index in [0.29, 0.717) is 17.6 Å². The number of imidazole rings is 1. The first-order valence-electron chi connectivity index (χ1n) is 10.2. The Hall–Kier alpha value is -3.34. The normalized spacial score (nSPS) is 25.1. The summed E-state index contributed by atoms with van der Waals surface area (Å²) in [6, 6.07) is 6.68. The van der Waals surface area contributed by atoms with Gasteiger partial charge in [-0.25, -0.2) is 14.8 Å². The van der Waals surface area contributed by atoms with Crippen LogP contribution >= 0.6 is 0 Å². The van der Waals surface area contributed by atoms with E-state index in [1.807, 2.05) is 10.6 Å². The number of hydrogen-bond acceptors (Lipinski definition) is 6. The summed E-state index contributed by atoms with van der Waals surface area (Å²) in [5, 5.41) is 12.6. The smallest absolute Gasteiger partial charge is 0.326 e. The number of hydrogen-bond donors (Lipinski definition) is 2. The van der Waals surface area contributed by atoms with Gasteiger partial charge >= 0.3 is 5.69 Å². The highest BCUT2D eigenvalue weighted by molar-refractivity contribution is 5.83. The van der Waals surface area contributed by atoms with Crippen molar-refractivity contribution in [2.75, 3.05) is 16.8 Å². The lowest BCUT2D eigenvalue weighted by Gasteiger charge is -2.40. The van der Waals surface area contributed by atoms with Crippen molar-refractivity contribution < 1.29 is 0 Å². The SMILES string of the molecule is N#Cc1ccnc(N2[C@@H]3CC[C@H]2CC(n2c(=O)[nH]c4cnc5c(c42)CCN5)C3)c1. The van der Waals surface area contributed by atoms with Crippen LogP contribution in [0.15, 0.2) is 29.3 Å². The number of anilines is 2. The van der Waals surface area contributed by atoms with Crippen LogP contribution in [0.2, 0.25) is 0 Å². The van der Waals surface area contributed by atoms with Gasteiger partial charge in [-0.2, -0.15) is 5.26 Å². The largest absolute Gasteiger partial charge is 0.369 e. The van der Waals surface area contributed by atoms with Crippen LogP contribution < -0.4 is 15.9 Å². The topological polar surface area (TPSA) is 103 Å². The third kappa shape index (κ3) is 2.40. The molecule has 0 saturated carbocycles. The van der Waals surface area contributed by atoms with E-state index in [1.54, 1.807) is 18.5 Å². The fourth-order valence-electron chi connectivity index (χ4n) is 5.59. The highest BCUT2D eigenvalue weighted by atomic mass is 16.1. The maximum Gasteiger partial charge on any atom is 0.326 e. The van der Waals surface area contributed by atoms with Gasteiger partial charge in [-0.3, -0.25) is 4.57 Å². The van der Waals surface area contributed by atoms with Crippen molar-refractivity contribution in [1.82, 2.24) is 19.5 Å². The monoisotopic (exact) mass is 387 g/mol. The molecule has 0 amide bonds. The van der Waals surface area contributed by atoms with Crippen molar-refractivity contribution in [3.05, 3.63) is 46.1 Å². The molecule has 8 nitrogen and oxygen atoms in total. The van der Waals surface area contributed by atoms with Crippen LogP contribution in [0.25, 0.3) is 11.0 Å². The second-order valence-electron chi connectivity index (χ2n) is 8.26. The Morgan fingerprint density at radius 2 is 2.00 bits per heavy atom. The minimum Gasteiger partial charge on any atom is -0.369 e. The number of aromatic nitrogens is 4. The number of nitrogens with zero attached hydrogens (tertiary/aromatic N) is 5. The standard InChI is InChI=1S/C21H21N7O/c22-10-12-3-5-23-18(7-12)27-13-1-2-14(27)9-15(8-13)28-19-16-4-6-24-20(16)25-11-17(19)26-21(28)29/h3,5,7,11,13-15H,1-2,4,6,8-9H2,(H,24,25)(H,26,29)/t13-,14+,15?. The van der Waals surface area contributed by atoms with Gasteiger partial charge in [-0.05, 0) is 44.2 Å². The second kappa shape index (κ2) is 6.08. The Balaban J connectivity index is 1.39. The summed E-state index contributed by atoms with van der Waals surface area (Å²) in [6.45, 7) is 0.866. The number of nitrogens with one attached hydrogen (secondary N) is 2. The van der Waals surface area contributed by atoms with Gasteiger partial charge in [-0.15, -0.1) is 0 Å².